The Morgan fingerprint density at radius 2 is 1.50 bits per heavy atom. The highest BCUT2D eigenvalue weighted by Crippen LogP contribution is 2.20. The molecule has 0 aliphatic rings. The monoisotopic (exact) mass is 403 g/mol. The summed E-state index contributed by atoms with van der Waals surface area (Å²) in [6.07, 6.45) is 1.73. The Morgan fingerprint density at radius 1 is 0.833 bits per heavy atom. The second-order valence-electron chi connectivity index (χ2n) is 6.94. The molecule has 30 heavy (non-hydrogen) atoms. The van der Waals surface area contributed by atoms with Crippen molar-refractivity contribution < 1.29 is 19.4 Å². The smallest absolute Gasteiger partial charge is 0.305 e. The molecule has 3 aromatic carbocycles. The largest absolute Gasteiger partial charge is 0.494 e. The van der Waals surface area contributed by atoms with Crippen LogP contribution in [0.25, 0.3) is 11.1 Å². The summed E-state index contributed by atoms with van der Waals surface area (Å²) < 4.78 is 5.76. The Kier molecular flexibility index (Phi) is 7.61. The molecule has 0 saturated heterocycles. The Morgan fingerprint density at radius 3 is 2.17 bits per heavy atom. The molecule has 0 aliphatic heterocycles. The minimum absolute atomic E-state index is 0.0953. The van der Waals surface area contributed by atoms with Crippen molar-refractivity contribution >= 4 is 11.9 Å². The Hall–Kier alpha value is -3.60. The van der Waals surface area contributed by atoms with Crippen molar-refractivity contribution in [3.63, 3.8) is 0 Å². The van der Waals surface area contributed by atoms with Gasteiger partial charge in [0.25, 0.3) is 5.91 Å². The summed E-state index contributed by atoms with van der Waals surface area (Å²) in [7, 11) is 0. The van der Waals surface area contributed by atoms with Gasteiger partial charge in [-0.25, -0.2) is 0 Å². The summed E-state index contributed by atoms with van der Waals surface area (Å²) in [5.74, 6) is -0.524. The molecule has 0 aliphatic carbocycles. The number of hydrogen-bond donors (Lipinski definition) is 2. The molecule has 0 aromatic heterocycles. The number of carboxylic acid groups (broad SMARTS) is 1. The molecule has 0 atom stereocenters. The van der Waals surface area contributed by atoms with Gasteiger partial charge in [0.1, 0.15) is 5.75 Å². The lowest BCUT2D eigenvalue weighted by Gasteiger charge is -2.08. The van der Waals surface area contributed by atoms with E-state index in [1.54, 1.807) is 24.3 Å². The minimum atomic E-state index is -0.939. The fraction of sp³-hybridized carbons (Fsp3) is 0.200. The van der Waals surface area contributed by atoms with Gasteiger partial charge in [0, 0.05) is 12.1 Å². The number of ether oxygens (including phenoxy) is 1. The molecular formula is C25H25NO4. The van der Waals surface area contributed by atoms with Crippen LogP contribution in [0.15, 0.2) is 78.9 Å². The molecule has 0 radical (unpaired) electrons. The van der Waals surface area contributed by atoms with Crippen LogP contribution < -0.4 is 10.1 Å². The zero-order valence-corrected chi connectivity index (χ0v) is 16.7. The molecule has 0 bridgehead atoms. The average Bonchev–Trinajstić information content (AvgIpc) is 2.78. The maximum atomic E-state index is 11.9. The van der Waals surface area contributed by atoms with Crippen LogP contribution in [0.1, 0.15) is 28.8 Å². The van der Waals surface area contributed by atoms with E-state index < -0.39 is 5.97 Å². The maximum absolute atomic E-state index is 11.9. The normalized spacial score (nSPS) is 10.4. The number of hydrogen-bond acceptors (Lipinski definition) is 3. The minimum Gasteiger partial charge on any atom is -0.494 e. The van der Waals surface area contributed by atoms with Gasteiger partial charge >= 0.3 is 5.97 Å². The van der Waals surface area contributed by atoms with Gasteiger partial charge in [0.2, 0.25) is 0 Å². The van der Waals surface area contributed by atoms with Gasteiger partial charge in [-0.15, -0.1) is 0 Å². The quantitative estimate of drug-likeness (QED) is 0.486. The fourth-order valence-electron chi connectivity index (χ4n) is 3.05. The van der Waals surface area contributed by atoms with Crippen LogP contribution in [-0.4, -0.2) is 30.1 Å². The second kappa shape index (κ2) is 10.8. The highest BCUT2D eigenvalue weighted by molar-refractivity contribution is 5.94. The molecule has 0 heterocycles. The number of carbonyl (C=O) groups is 2. The van der Waals surface area contributed by atoms with E-state index in [0.717, 1.165) is 12.8 Å². The molecule has 3 aromatic rings. The summed E-state index contributed by atoms with van der Waals surface area (Å²) in [4.78, 5) is 22.4. The number of carbonyl (C=O) groups excluding carboxylic acids is 1. The van der Waals surface area contributed by atoms with E-state index >= 15 is 0 Å². The lowest BCUT2D eigenvalue weighted by atomic mass is 10.0. The van der Waals surface area contributed by atoms with E-state index in [4.69, 9.17) is 9.84 Å². The van der Waals surface area contributed by atoms with Gasteiger partial charge in [-0.2, -0.15) is 0 Å². The summed E-state index contributed by atoms with van der Waals surface area (Å²) in [5, 5.41) is 11.2. The number of aliphatic carboxylic acids is 1. The van der Waals surface area contributed by atoms with Crippen LogP contribution in [0.3, 0.4) is 0 Å². The van der Waals surface area contributed by atoms with E-state index in [2.05, 4.69) is 41.7 Å². The van der Waals surface area contributed by atoms with Crippen LogP contribution in [0.2, 0.25) is 0 Å². The van der Waals surface area contributed by atoms with Crippen LogP contribution in [-0.2, 0) is 11.2 Å². The molecule has 2 N–H and O–H groups in total. The molecule has 0 saturated carbocycles. The third-order valence-corrected chi connectivity index (χ3v) is 4.68. The molecular weight excluding hydrogens is 378 g/mol. The van der Waals surface area contributed by atoms with Gasteiger partial charge in [-0.05, 0) is 53.8 Å². The number of carboxylic acids is 1. The maximum Gasteiger partial charge on any atom is 0.305 e. The second-order valence-corrected chi connectivity index (χ2v) is 6.94. The van der Waals surface area contributed by atoms with Crippen molar-refractivity contribution in [2.75, 3.05) is 13.2 Å². The predicted octanol–water partition coefficient (Wildman–Crippen LogP) is 4.57. The SMILES string of the molecule is O=C(O)CCNC(=O)c1ccc(OCCCc2ccc(-c3ccccc3)cc2)cc1. The van der Waals surface area contributed by atoms with E-state index in [1.807, 2.05) is 18.2 Å². The van der Waals surface area contributed by atoms with Crippen LogP contribution in [0.5, 0.6) is 5.75 Å². The Balaban J connectivity index is 1.40. The van der Waals surface area contributed by atoms with Crippen molar-refractivity contribution in [1.29, 1.82) is 0 Å². The fourth-order valence-corrected chi connectivity index (χ4v) is 3.05. The van der Waals surface area contributed by atoms with Crippen LogP contribution in [0, 0.1) is 0 Å². The number of aryl methyl sites for hydroxylation is 1. The van der Waals surface area contributed by atoms with E-state index in [9.17, 15) is 9.59 Å². The summed E-state index contributed by atoms with van der Waals surface area (Å²) in [6, 6.07) is 25.8. The first-order valence-electron chi connectivity index (χ1n) is 9.99. The molecule has 0 unspecified atom stereocenters. The lowest BCUT2D eigenvalue weighted by molar-refractivity contribution is -0.136. The zero-order valence-electron chi connectivity index (χ0n) is 16.7. The zero-order chi connectivity index (χ0) is 21.2. The number of rotatable bonds is 10. The lowest BCUT2D eigenvalue weighted by Crippen LogP contribution is -2.25. The third kappa shape index (κ3) is 6.48. The van der Waals surface area contributed by atoms with E-state index in [-0.39, 0.29) is 18.9 Å². The van der Waals surface area contributed by atoms with Crippen molar-refractivity contribution in [3.05, 3.63) is 90.0 Å². The average molecular weight is 403 g/mol. The molecule has 3 rings (SSSR count). The summed E-state index contributed by atoms with van der Waals surface area (Å²) >= 11 is 0. The van der Waals surface area contributed by atoms with Crippen molar-refractivity contribution in [2.45, 2.75) is 19.3 Å². The van der Waals surface area contributed by atoms with Gasteiger partial charge in [0.05, 0.1) is 13.0 Å². The number of nitrogens with one attached hydrogen (secondary N) is 1. The summed E-state index contributed by atoms with van der Waals surface area (Å²) in [5.41, 5.74) is 4.17. The predicted molar refractivity (Wildman–Crippen MR) is 117 cm³/mol. The van der Waals surface area contributed by atoms with Crippen molar-refractivity contribution in [3.8, 4) is 16.9 Å². The standard InChI is InChI=1S/C25H25NO4/c27-24(28)16-17-26-25(29)22-12-14-23(15-13-22)30-18-4-5-19-8-10-21(11-9-19)20-6-2-1-3-7-20/h1-3,6-15H,4-5,16-18H2,(H,26,29)(H,27,28). The van der Waals surface area contributed by atoms with E-state index in [0.29, 0.717) is 17.9 Å². The first kappa shape index (κ1) is 21.1. The van der Waals surface area contributed by atoms with Gasteiger partial charge in [-0.1, -0.05) is 54.6 Å². The first-order valence-corrected chi connectivity index (χ1v) is 9.99. The molecule has 0 spiro atoms. The number of amides is 1. The van der Waals surface area contributed by atoms with Crippen LogP contribution >= 0.6 is 0 Å². The molecule has 154 valence electrons. The molecule has 0 fully saturated rings. The van der Waals surface area contributed by atoms with Gasteiger partial charge < -0.3 is 15.2 Å². The topological polar surface area (TPSA) is 75.6 Å². The van der Waals surface area contributed by atoms with E-state index in [1.165, 1.54) is 16.7 Å². The van der Waals surface area contributed by atoms with Gasteiger partial charge in [-0.3, -0.25) is 9.59 Å². The van der Waals surface area contributed by atoms with Crippen molar-refractivity contribution in [1.82, 2.24) is 5.32 Å². The molecule has 1 amide bonds. The Bertz CT molecular complexity index is 951. The first-order chi connectivity index (χ1) is 14.6. The highest BCUT2D eigenvalue weighted by atomic mass is 16.5. The molecule has 5 heteroatoms. The van der Waals surface area contributed by atoms with Crippen LogP contribution in [0.4, 0.5) is 0 Å². The summed E-state index contributed by atoms with van der Waals surface area (Å²) in [6.45, 7) is 0.698. The molecule has 5 nitrogen and oxygen atoms in total. The Labute approximate surface area is 176 Å². The van der Waals surface area contributed by atoms with Crippen molar-refractivity contribution in [2.24, 2.45) is 0 Å². The number of benzene rings is 3. The van der Waals surface area contributed by atoms with Gasteiger partial charge in [0.15, 0.2) is 0 Å². The highest BCUT2D eigenvalue weighted by Gasteiger charge is 2.06. The third-order valence-electron chi connectivity index (χ3n) is 4.68.